The number of nitrogens with zero attached hydrogens (tertiary/aromatic N) is 2. The monoisotopic (exact) mass is 508 g/mol. The highest BCUT2D eigenvalue weighted by atomic mass is 14.8. The van der Waals surface area contributed by atoms with Crippen molar-refractivity contribution in [2.75, 3.05) is 0 Å². The Morgan fingerprint density at radius 1 is 0.684 bits per heavy atom. The van der Waals surface area contributed by atoms with Gasteiger partial charge in [0.15, 0.2) is 0 Å². The minimum atomic E-state index is 0.848. The van der Waals surface area contributed by atoms with E-state index in [4.69, 9.17) is 9.98 Å². The zero-order chi connectivity index (χ0) is 27.5. The Bertz CT molecular complexity index is 1250. The maximum absolute atomic E-state index is 5.14. The lowest BCUT2D eigenvalue weighted by Gasteiger charge is -2.14. The predicted octanol–water partition coefficient (Wildman–Crippen LogP) is 11.0. The third kappa shape index (κ3) is 8.00. The summed E-state index contributed by atoms with van der Waals surface area (Å²) >= 11 is 0. The fraction of sp³-hybridized carbons (Fsp3) is 0.444. The molecule has 0 saturated carbocycles. The minimum absolute atomic E-state index is 0.848. The molecule has 2 heteroatoms. The van der Waals surface area contributed by atoms with Crippen LogP contribution in [0.4, 0.5) is 11.4 Å². The highest BCUT2D eigenvalue weighted by Gasteiger charge is 2.11. The van der Waals surface area contributed by atoms with Crippen molar-refractivity contribution in [2.24, 2.45) is 9.98 Å². The zero-order valence-electron chi connectivity index (χ0n) is 25.0. The van der Waals surface area contributed by atoms with E-state index >= 15 is 0 Å². The first-order valence-corrected chi connectivity index (χ1v) is 14.8. The van der Waals surface area contributed by atoms with Crippen molar-refractivity contribution in [2.45, 2.75) is 106 Å². The standard InChI is InChI=1S/C36H48N2/c1-8-11-12-13-14-16-21-32-24-33(22-26(4)27(32)5)37-29(7)36(10-3)38-34-23-30(9-2)28(6)35(25-34)31-19-17-15-18-20-31/h15,17-20,22-25H,8-14,16,21H2,1-7H3. The molecule has 3 aromatic rings. The van der Waals surface area contributed by atoms with Crippen LogP contribution >= 0.6 is 0 Å². The number of aliphatic imine (C=N–C) groups is 2. The molecule has 0 N–H and O–H groups in total. The average Bonchev–Trinajstić information content (AvgIpc) is 2.92. The maximum atomic E-state index is 5.14. The molecular weight excluding hydrogens is 460 g/mol. The normalized spacial score (nSPS) is 12.3. The van der Waals surface area contributed by atoms with E-state index in [-0.39, 0.29) is 0 Å². The SMILES string of the molecule is CCCCCCCCc1cc(N=C(C)C(CC)=Nc2cc(CC)c(C)c(-c3ccccc3)c2)cc(C)c1C. The van der Waals surface area contributed by atoms with Crippen LogP contribution in [0.15, 0.2) is 64.6 Å². The van der Waals surface area contributed by atoms with Crippen LogP contribution in [0.5, 0.6) is 0 Å². The van der Waals surface area contributed by atoms with Gasteiger partial charge in [-0.2, -0.15) is 0 Å². The van der Waals surface area contributed by atoms with Gasteiger partial charge in [-0.05, 0) is 117 Å². The quantitative estimate of drug-likeness (QED) is 0.162. The van der Waals surface area contributed by atoms with Gasteiger partial charge >= 0.3 is 0 Å². The molecule has 0 atom stereocenters. The van der Waals surface area contributed by atoms with E-state index in [1.54, 1.807) is 0 Å². The molecule has 0 aliphatic carbocycles. The fourth-order valence-corrected chi connectivity index (χ4v) is 5.27. The summed E-state index contributed by atoms with van der Waals surface area (Å²) in [5.74, 6) is 0. The van der Waals surface area contributed by atoms with Crippen LogP contribution in [-0.2, 0) is 12.8 Å². The second kappa shape index (κ2) is 14.8. The van der Waals surface area contributed by atoms with Crippen molar-refractivity contribution in [3.63, 3.8) is 0 Å². The second-order valence-electron chi connectivity index (χ2n) is 10.7. The first-order chi connectivity index (χ1) is 18.4. The van der Waals surface area contributed by atoms with Crippen LogP contribution in [0, 0.1) is 20.8 Å². The number of benzene rings is 3. The van der Waals surface area contributed by atoms with Crippen LogP contribution in [-0.4, -0.2) is 11.4 Å². The Morgan fingerprint density at radius 3 is 2.03 bits per heavy atom. The van der Waals surface area contributed by atoms with Gasteiger partial charge in [0.05, 0.1) is 22.8 Å². The van der Waals surface area contributed by atoms with Gasteiger partial charge in [-0.3, -0.25) is 9.98 Å². The molecule has 0 aliphatic heterocycles. The first kappa shape index (κ1) is 29.6. The summed E-state index contributed by atoms with van der Waals surface area (Å²) in [6.07, 6.45) is 10.9. The molecule has 3 rings (SSSR count). The molecule has 202 valence electrons. The van der Waals surface area contributed by atoms with Crippen molar-refractivity contribution in [1.82, 2.24) is 0 Å². The minimum Gasteiger partial charge on any atom is -0.252 e. The number of hydrogen-bond donors (Lipinski definition) is 0. The summed E-state index contributed by atoms with van der Waals surface area (Å²) in [4.78, 5) is 10.2. The van der Waals surface area contributed by atoms with Crippen LogP contribution in [0.1, 0.15) is 100 Å². The van der Waals surface area contributed by atoms with Gasteiger partial charge in [-0.15, -0.1) is 0 Å². The van der Waals surface area contributed by atoms with E-state index in [9.17, 15) is 0 Å². The molecule has 0 amide bonds. The molecule has 38 heavy (non-hydrogen) atoms. The molecule has 0 aromatic heterocycles. The molecule has 0 heterocycles. The van der Waals surface area contributed by atoms with Crippen molar-refractivity contribution in [3.8, 4) is 11.1 Å². The lowest BCUT2D eigenvalue weighted by atomic mass is 9.94. The molecule has 0 bridgehead atoms. The van der Waals surface area contributed by atoms with Crippen molar-refractivity contribution in [1.29, 1.82) is 0 Å². The maximum Gasteiger partial charge on any atom is 0.0642 e. The summed E-state index contributed by atoms with van der Waals surface area (Å²) in [6, 6.07) is 19.7. The molecule has 0 saturated heterocycles. The third-order valence-electron chi connectivity index (χ3n) is 7.84. The van der Waals surface area contributed by atoms with Gasteiger partial charge in [0.2, 0.25) is 0 Å². The molecule has 0 fully saturated rings. The topological polar surface area (TPSA) is 24.7 Å². The number of hydrogen-bond acceptors (Lipinski definition) is 2. The Morgan fingerprint density at radius 2 is 1.34 bits per heavy atom. The lowest BCUT2D eigenvalue weighted by molar-refractivity contribution is 0.607. The summed E-state index contributed by atoms with van der Waals surface area (Å²) in [6.45, 7) is 15.5. The number of rotatable bonds is 13. The summed E-state index contributed by atoms with van der Waals surface area (Å²) < 4.78 is 0. The van der Waals surface area contributed by atoms with Crippen LogP contribution in [0.2, 0.25) is 0 Å². The second-order valence-corrected chi connectivity index (χ2v) is 10.7. The molecule has 0 unspecified atom stereocenters. The smallest absolute Gasteiger partial charge is 0.0642 e. The first-order valence-electron chi connectivity index (χ1n) is 14.8. The van der Waals surface area contributed by atoms with Crippen molar-refractivity contribution in [3.05, 3.63) is 82.4 Å². The van der Waals surface area contributed by atoms with Gasteiger partial charge in [-0.25, -0.2) is 0 Å². The predicted molar refractivity (Wildman–Crippen MR) is 169 cm³/mol. The molecule has 0 spiro atoms. The fourth-order valence-electron chi connectivity index (χ4n) is 5.27. The lowest BCUT2D eigenvalue weighted by Crippen LogP contribution is -2.08. The van der Waals surface area contributed by atoms with E-state index in [2.05, 4.69) is 103 Å². The molecule has 0 aliphatic rings. The highest BCUT2D eigenvalue weighted by Crippen LogP contribution is 2.32. The largest absolute Gasteiger partial charge is 0.252 e. The van der Waals surface area contributed by atoms with Crippen molar-refractivity contribution < 1.29 is 0 Å². The zero-order valence-corrected chi connectivity index (χ0v) is 25.0. The van der Waals surface area contributed by atoms with E-state index in [1.807, 2.05) is 0 Å². The van der Waals surface area contributed by atoms with Crippen molar-refractivity contribution >= 4 is 22.8 Å². The Kier molecular flexibility index (Phi) is 11.5. The third-order valence-corrected chi connectivity index (χ3v) is 7.84. The summed E-state index contributed by atoms with van der Waals surface area (Å²) in [5, 5.41) is 0. The summed E-state index contributed by atoms with van der Waals surface area (Å²) in [7, 11) is 0. The molecule has 2 nitrogen and oxygen atoms in total. The average molecular weight is 509 g/mol. The van der Waals surface area contributed by atoms with Gasteiger partial charge in [0.1, 0.15) is 0 Å². The van der Waals surface area contributed by atoms with E-state index in [1.165, 1.54) is 77.5 Å². The Labute approximate surface area is 232 Å². The number of aryl methyl sites for hydroxylation is 3. The molecular formula is C36H48N2. The molecule has 3 aromatic carbocycles. The van der Waals surface area contributed by atoms with Gasteiger partial charge in [0.25, 0.3) is 0 Å². The van der Waals surface area contributed by atoms with E-state index in [0.29, 0.717) is 0 Å². The molecule has 0 radical (unpaired) electrons. The van der Waals surface area contributed by atoms with Gasteiger partial charge in [-0.1, -0.05) is 83.2 Å². The van der Waals surface area contributed by atoms with Gasteiger partial charge < -0.3 is 0 Å². The number of unbranched alkanes of at least 4 members (excludes halogenated alkanes) is 5. The summed E-state index contributed by atoms with van der Waals surface area (Å²) in [5.41, 5.74) is 13.5. The van der Waals surface area contributed by atoms with Crippen LogP contribution < -0.4 is 0 Å². The highest BCUT2D eigenvalue weighted by molar-refractivity contribution is 6.42. The van der Waals surface area contributed by atoms with E-state index in [0.717, 1.165) is 42.1 Å². The van der Waals surface area contributed by atoms with Crippen LogP contribution in [0.3, 0.4) is 0 Å². The van der Waals surface area contributed by atoms with E-state index < -0.39 is 0 Å². The Hall–Kier alpha value is -3.00. The van der Waals surface area contributed by atoms with Gasteiger partial charge in [0, 0.05) is 0 Å². The Balaban J connectivity index is 1.88. The van der Waals surface area contributed by atoms with Crippen LogP contribution in [0.25, 0.3) is 11.1 Å².